The van der Waals surface area contributed by atoms with Gasteiger partial charge in [-0.2, -0.15) is 0 Å². The SMILES string of the molecule is BrCC1Cc2nccn2C1. The third-order valence-corrected chi connectivity index (χ3v) is 2.86. The normalized spacial score (nSPS) is 23.1. The predicted octanol–water partition coefficient (Wildman–Crippen LogP) is 1.45. The van der Waals surface area contributed by atoms with Gasteiger partial charge in [0, 0.05) is 30.7 Å². The van der Waals surface area contributed by atoms with Crippen LogP contribution in [0.1, 0.15) is 5.82 Å². The van der Waals surface area contributed by atoms with Crippen LogP contribution >= 0.6 is 15.9 Å². The molecule has 1 aliphatic heterocycles. The van der Waals surface area contributed by atoms with Crippen LogP contribution in [-0.2, 0) is 13.0 Å². The lowest BCUT2D eigenvalue weighted by Crippen LogP contribution is -2.02. The second-order valence-corrected chi connectivity index (χ2v) is 3.37. The Hall–Kier alpha value is -0.310. The molecule has 0 radical (unpaired) electrons. The molecule has 1 atom stereocenters. The quantitative estimate of drug-likeness (QED) is 0.628. The summed E-state index contributed by atoms with van der Waals surface area (Å²) in [6, 6.07) is 0. The molecule has 0 saturated carbocycles. The van der Waals surface area contributed by atoms with Gasteiger partial charge in [0.1, 0.15) is 5.82 Å². The Morgan fingerprint density at radius 3 is 3.40 bits per heavy atom. The van der Waals surface area contributed by atoms with Crippen molar-refractivity contribution >= 4 is 15.9 Å². The van der Waals surface area contributed by atoms with Gasteiger partial charge in [0.2, 0.25) is 0 Å². The van der Waals surface area contributed by atoms with E-state index in [4.69, 9.17) is 0 Å². The summed E-state index contributed by atoms with van der Waals surface area (Å²) in [5, 5.41) is 1.09. The van der Waals surface area contributed by atoms with E-state index in [-0.39, 0.29) is 0 Å². The molecule has 1 unspecified atom stereocenters. The maximum atomic E-state index is 4.24. The first-order valence-corrected chi connectivity index (χ1v) is 4.58. The number of hydrogen-bond donors (Lipinski definition) is 0. The molecule has 3 heteroatoms. The minimum absolute atomic E-state index is 0.767. The lowest BCUT2D eigenvalue weighted by molar-refractivity contribution is 0.575. The lowest BCUT2D eigenvalue weighted by atomic mass is 10.1. The number of alkyl halides is 1. The molecular formula is C7H9BrN2. The van der Waals surface area contributed by atoms with E-state index in [1.165, 1.54) is 5.82 Å². The molecule has 1 aliphatic rings. The fourth-order valence-corrected chi connectivity index (χ4v) is 1.83. The minimum atomic E-state index is 0.767. The molecule has 0 amide bonds. The number of aromatic nitrogens is 2. The highest BCUT2D eigenvalue weighted by molar-refractivity contribution is 9.09. The Kier molecular flexibility index (Phi) is 1.52. The fourth-order valence-electron chi connectivity index (χ4n) is 1.40. The Balaban J connectivity index is 2.21. The molecule has 54 valence electrons. The Bertz CT molecular complexity index is 211. The van der Waals surface area contributed by atoms with Crippen molar-refractivity contribution in [2.75, 3.05) is 5.33 Å². The second-order valence-electron chi connectivity index (χ2n) is 2.72. The average molecular weight is 201 g/mol. The van der Waals surface area contributed by atoms with Crippen molar-refractivity contribution in [2.45, 2.75) is 13.0 Å². The lowest BCUT2D eigenvalue weighted by Gasteiger charge is -2.00. The molecule has 0 spiro atoms. The van der Waals surface area contributed by atoms with Crippen LogP contribution in [0.2, 0.25) is 0 Å². The monoisotopic (exact) mass is 200 g/mol. The van der Waals surface area contributed by atoms with Gasteiger partial charge in [-0.05, 0) is 5.92 Å². The first kappa shape index (κ1) is 6.40. The molecule has 0 bridgehead atoms. The van der Waals surface area contributed by atoms with E-state index in [0.717, 1.165) is 24.2 Å². The van der Waals surface area contributed by atoms with Crippen molar-refractivity contribution in [3.63, 3.8) is 0 Å². The van der Waals surface area contributed by atoms with Gasteiger partial charge < -0.3 is 4.57 Å². The highest BCUT2D eigenvalue weighted by atomic mass is 79.9. The molecule has 2 heterocycles. The average Bonchev–Trinajstić information content (AvgIpc) is 2.42. The second kappa shape index (κ2) is 2.38. The standard InChI is InChI=1S/C7H9BrN2/c8-4-6-3-7-9-1-2-10(7)5-6/h1-2,6H,3-5H2. The number of hydrogen-bond acceptors (Lipinski definition) is 1. The molecule has 2 nitrogen and oxygen atoms in total. The Morgan fingerprint density at radius 1 is 1.80 bits per heavy atom. The molecule has 0 fully saturated rings. The third kappa shape index (κ3) is 0.888. The van der Waals surface area contributed by atoms with Gasteiger partial charge in [-0.15, -0.1) is 0 Å². The van der Waals surface area contributed by atoms with E-state index in [1.54, 1.807) is 0 Å². The third-order valence-electron chi connectivity index (χ3n) is 1.95. The van der Waals surface area contributed by atoms with Crippen LogP contribution in [0.3, 0.4) is 0 Å². The summed E-state index contributed by atoms with van der Waals surface area (Å²) in [6.45, 7) is 1.14. The van der Waals surface area contributed by atoms with E-state index < -0.39 is 0 Å². The summed E-state index contributed by atoms with van der Waals surface area (Å²) in [7, 11) is 0. The predicted molar refractivity (Wildman–Crippen MR) is 43.2 cm³/mol. The molecule has 1 aromatic rings. The van der Waals surface area contributed by atoms with E-state index >= 15 is 0 Å². The molecule has 0 saturated heterocycles. The van der Waals surface area contributed by atoms with E-state index in [9.17, 15) is 0 Å². The Labute approximate surface area is 68.4 Å². The summed E-state index contributed by atoms with van der Waals surface area (Å²) < 4.78 is 2.23. The van der Waals surface area contributed by atoms with Crippen molar-refractivity contribution in [1.29, 1.82) is 0 Å². The molecular weight excluding hydrogens is 192 g/mol. The first-order valence-electron chi connectivity index (χ1n) is 3.46. The minimum Gasteiger partial charge on any atom is -0.335 e. The topological polar surface area (TPSA) is 17.8 Å². The molecule has 1 aromatic heterocycles. The van der Waals surface area contributed by atoms with E-state index in [2.05, 4.69) is 31.7 Å². The van der Waals surface area contributed by atoms with Gasteiger partial charge in [0.15, 0.2) is 0 Å². The zero-order chi connectivity index (χ0) is 6.97. The zero-order valence-corrected chi connectivity index (χ0v) is 7.21. The molecule has 0 N–H and O–H groups in total. The number of nitrogens with zero attached hydrogens (tertiary/aromatic N) is 2. The van der Waals surface area contributed by atoms with Gasteiger partial charge in [0.05, 0.1) is 0 Å². The van der Waals surface area contributed by atoms with Crippen LogP contribution in [0.15, 0.2) is 12.4 Å². The van der Waals surface area contributed by atoms with Crippen molar-refractivity contribution < 1.29 is 0 Å². The largest absolute Gasteiger partial charge is 0.335 e. The highest BCUT2D eigenvalue weighted by Crippen LogP contribution is 2.19. The van der Waals surface area contributed by atoms with Gasteiger partial charge in [0.25, 0.3) is 0 Å². The summed E-state index contributed by atoms with van der Waals surface area (Å²) >= 11 is 3.48. The highest BCUT2D eigenvalue weighted by Gasteiger charge is 2.19. The summed E-state index contributed by atoms with van der Waals surface area (Å²) in [4.78, 5) is 4.24. The summed E-state index contributed by atoms with van der Waals surface area (Å²) in [6.07, 6.45) is 5.07. The van der Waals surface area contributed by atoms with Crippen LogP contribution in [0.4, 0.5) is 0 Å². The van der Waals surface area contributed by atoms with Crippen molar-refractivity contribution in [1.82, 2.24) is 9.55 Å². The van der Waals surface area contributed by atoms with Gasteiger partial charge in [-0.3, -0.25) is 0 Å². The summed E-state index contributed by atoms with van der Waals surface area (Å²) in [5.74, 6) is 2.01. The smallest absolute Gasteiger partial charge is 0.109 e. The van der Waals surface area contributed by atoms with E-state index in [1.807, 2.05) is 6.20 Å². The van der Waals surface area contributed by atoms with Crippen molar-refractivity contribution in [3.8, 4) is 0 Å². The van der Waals surface area contributed by atoms with Gasteiger partial charge in [-0.25, -0.2) is 4.98 Å². The maximum absolute atomic E-state index is 4.24. The van der Waals surface area contributed by atoms with Crippen molar-refractivity contribution in [2.24, 2.45) is 5.92 Å². The molecule has 2 rings (SSSR count). The number of fused-ring (bicyclic) bond motifs is 1. The van der Waals surface area contributed by atoms with Crippen molar-refractivity contribution in [3.05, 3.63) is 18.2 Å². The molecule has 0 aliphatic carbocycles. The fraction of sp³-hybridized carbons (Fsp3) is 0.571. The van der Waals surface area contributed by atoms with Gasteiger partial charge >= 0.3 is 0 Å². The maximum Gasteiger partial charge on any atom is 0.109 e. The zero-order valence-electron chi connectivity index (χ0n) is 5.63. The van der Waals surface area contributed by atoms with Crippen LogP contribution < -0.4 is 0 Å². The first-order chi connectivity index (χ1) is 4.90. The van der Waals surface area contributed by atoms with E-state index in [0.29, 0.717) is 0 Å². The molecule has 0 aromatic carbocycles. The number of imidazole rings is 1. The Morgan fingerprint density at radius 2 is 2.70 bits per heavy atom. The van der Waals surface area contributed by atoms with Crippen LogP contribution in [-0.4, -0.2) is 14.9 Å². The van der Waals surface area contributed by atoms with Crippen LogP contribution in [0.5, 0.6) is 0 Å². The number of halogens is 1. The van der Waals surface area contributed by atoms with Crippen LogP contribution in [0, 0.1) is 5.92 Å². The molecule has 10 heavy (non-hydrogen) atoms. The summed E-state index contributed by atoms with van der Waals surface area (Å²) in [5.41, 5.74) is 0. The van der Waals surface area contributed by atoms with Gasteiger partial charge in [-0.1, -0.05) is 15.9 Å². The number of rotatable bonds is 1. The van der Waals surface area contributed by atoms with Crippen LogP contribution in [0.25, 0.3) is 0 Å².